The molecule has 0 saturated carbocycles. The Balaban J connectivity index is 2.28. The monoisotopic (exact) mass is 336 g/mol. The Hall–Kier alpha value is -1.66. The Morgan fingerprint density at radius 3 is 2.85 bits per heavy atom. The summed E-state index contributed by atoms with van der Waals surface area (Å²) in [5.74, 6) is 1.49. The molecule has 6 heteroatoms. The van der Waals surface area contributed by atoms with E-state index < -0.39 is 0 Å². The first-order chi connectivity index (χ1) is 9.61. The number of aliphatic hydroxyl groups is 1. The fourth-order valence-electron chi connectivity index (χ4n) is 1.88. The van der Waals surface area contributed by atoms with Crippen molar-refractivity contribution in [3.05, 3.63) is 40.6 Å². The Morgan fingerprint density at radius 1 is 1.30 bits per heavy atom. The second-order valence-corrected chi connectivity index (χ2v) is 5.32. The average Bonchev–Trinajstić information content (AvgIpc) is 2.47. The SMILES string of the molecule is Cc1ccc(Br)cc1N(C)c1cc(NCCO)ncn1. The molecule has 2 aromatic rings. The summed E-state index contributed by atoms with van der Waals surface area (Å²) in [6, 6.07) is 7.98. The molecule has 5 nitrogen and oxygen atoms in total. The first kappa shape index (κ1) is 14.7. The number of nitrogens with zero attached hydrogens (tertiary/aromatic N) is 3. The van der Waals surface area contributed by atoms with Gasteiger partial charge >= 0.3 is 0 Å². The third-order valence-electron chi connectivity index (χ3n) is 2.95. The maximum Gasteiger partial charge on any atom is 0.138 e. The molecule has 0 saturated heterocycles. The second kappa shape index (κ2) is 6.67. The topological polar surface area (TPSA) is 61.3 Å². The molecule has 20 heavy (non-hydrogen) atoms. The maximum absolute atomic E-state index is 8.83. The van der Waals surface area contributed by atoms with Crippen LogP contribution in [0, 0.1) is 6.92 Å². The van der Waals surface area contributed by atoms with E-state index in [9.17, 15) is 0 Å². The summed E-state index contributed by atoms with van der Waals surface area (Å²) in [5.41, 5.74) is 2.24. The van der Waals surface area contributed by atoms with Gasteiger partial charge in [0.1, 0.15) is 18.0 Å². The van der Waals surface area contributed by atoms with Gasteiger partial charge in [-0.2, -0.15) is 0 Å². The summed E-state index contributed by atoms with van der Waals surface area (Å²) in [7, 11) is 1.97. The van der Waals surface area contributed by atoms with Crippen molar-refractivity contribution in [1.29, 1.82) is 0 Å². The summed E-state index contributed by atoms with van der Waals surface area (Å²) in [6.07, 6.45) is 1.51. The average molecular weight is 337 g/mol. The zero-order chi connectivity index (χ0) is 14.5. The Kier molecular flexibility index (Phi) is 4.92. The van der Waals surface area contributed by atoms with Crippen LogP contribution in [-0.2, 0) is 0 Å². The lowest BCUT2D eigenvalue weighted by molar-refractivity contribution is 0.311. The Morgan fingerprint density at radius 2 is 2.10 bits per heavy atom. The number of hydrogen-bond donors (Lipinski definition) is 2. The zero-order valence-electron chi connectivity index (χ0n) is 11.5. The van der Waals surface area contributed by atoms with Crippen LogP contribution in [0.25, 0.3) is 0 Å². The first-order valence-corrected chi connectivity index (χ1v) is 7.08. The lowest BCUT2D eigenvalue weighted by atomic mass is 10.2. The van der Waals surface area contributed by atoms with Crippen molar-refractivity contribution < 1.29 is 5.11 Å². The molecule has 0 aliphatic heterocycles. The van der Waals surface area contributed by atoms with Crippen molar-refractivity contribution in [3.63, 3.8) is 0 Å². The summed E-state index contributed by atoms with van der Waals surface area (Å²) in [6.45, 7) is 2.60. The van der Waals surface area contributed by atoms with Gasteiger partial charge in [-0.15, -0.1) is 0 Å². The van der Waals surface area contributed by atoms with E-state index >= 15 is 0 Å². The maximum atomic E-state index is 8.83. The van der Waals surface area contributed by atoms with Crippen LogP contribution in [0.5, 0.6) is 0 Å². The highest BCUT2D eigenvalue weighted by Gasteiger charge is 2.09. The summed E-state index contributed by atoms with van der Waals surface area (Å²) in [5, 5.41) is 11.9. The zero-order valence-corrected chi connectivity index (χ0v) is 13.1. The smallest absolute Gasteiger partial charge is 0.138 e. The van der Waals surface area contributed by atoms with Gasteiger partial charge < -0.3 is 15.3 Å². The van der Waals surface area contributed by atoms with Crippen LogP contribution in [0.15, 0.2) is 35.1 Å². The number of benzene rings is 1. The minimum atomic E-state index is 0.0694. The molecule has 106 valence electrons. The number of aryl methyl sites for hydroxylation is 1. The van der Waals surface area contributed by atoms with Gasteiger partial charge in [0.05, 0.1) is 6.61 Å². The fourth-order valence-corrected chi connectivity index (χ4v) is 2.23. The minimum absolute atomic E-state index is 0.0694. The highest BCUT2D eigenvalue weighted by Crippen LogP contribution is 2.28. The molecule has 1 aromatic carbocycles. The lowest BCUT2D eigenvalue weighted by Crippen LogP contribution is -2.14. The van der Waals surface area contributed by atoms with Crippen molar-refractivity contribution in [3.8, 4) is 0 Å². The highest BCUT2D eigenvalue weighted by molar-refractivity contribution is 9.10. The number of rotatable bonds is 5. The molecule has 0 aliphatic rings. The number of hydrogen-bond acceptors (Lipinski definition) is 5. The van der Waals surface area contributed by atoms with Gasteiger partial charge in [-0.25, -0.2) is 9.97 Å². The number of aliphatic hydroxyl groups excluding tert-OH is 1. The number of nitrogens with one attached hydrogen (secondary N) is 1. The van der Waals surface area contributed by atoms with Crippen LogP contribution in [0.4, 0.5) is 17.3 Å². The van der Waals surface area contributed by atoms with E-state index in [-0.39, 0.29) is 6.61 Å². The standard InChI is InChI=1S/C14H17BrN4O/c1-10-3-4-11(15)7-12(10)19(2)14-8-13(16-5-6-20)17-9-18-14/h3-4,7-9,20H,5-6H2,1-2H3,(H,16,17,18). The summed E-state index contributed by atoms with van der Waals surface area (Å²) < 4.78 is 1.03. The first-order valence-electron chi connectivity index (χ1n) is 6.28. The predicted molar refractivity (Wildman–Crippen MR) is 84.5 cm³/mol. The molecule has 0 radical (unpaired) electrons. The Bertz CT molecular complexity index is 591. The third kappa shape index (κ3) is 3.46. The van der Waals surface area contributed by atoms with Gasteiger partial charge in [0.25, 0.3) is 0 Å². The molecule has 1 heterocycles. The van der Waals surface area contributed by atoms with Crippen molar-refractivity contribution in [1.82, 2.24) is 9.97 Å². The number of anilines is 3. The van der Waals surface area contributed by atoms with Crippen LogP contribution in [0.3, 0.4) is 0 Å². The van der Waals surface area contributed by atoms with Crippen molar-refractivity contribution in [2.24, 2.45) is 0 Å². The van der Waals surface area contributed by atoms with E-state index in [1.807, 2.05) is 24.1 Å². The molecule has 2 N–H and O–H groups in total. The molecule has 0 bridgehead atoms. The van der Waals surface area contributed by atoms with E-state index in [2.05, 4.69) is 50.3 Å². The fraction of sp³-hybridized carbons (Fsp3) is 0.286. The molecule has 2 rings (SSSR count). The van der Waals surface area contributed by atoms with Gasteiger partial charge in [0, 0.05) is 29.8 Å². The van der Waals surface area contributed by atoms with Crippen molar-refractivity contribution in [2.45, 2.75) is 6.92 Å². The van der Waals surface area contributed by atoms with Crippen LogP contribution in [0.2, 0.25) is 0 Å². The van der Waals surface area contributed by atoms with E-state index in [0.717, 1.165) is 16.0 Å². The number of halogens is 1. The molecule has 0 fully saturated rings. The van der Waals surface area contributed by atoms with E-state index in [1.165, 1.54) is 11.9 Å². The Labute approximate surface area is 126 Å². The molecule has 0 aliphatic carbocycles. The molecule has 0 atom stereocenters. The summed E-state index contributed by atoms with van der Waals surface area (Å²) in [4.78, 5) is 10.4. The number of aromatic nitrogens is 2. The van der Waals surface area contributed by atoms with Crippen LogP contribution >= 0.6 is 15.9 Å². The van der Waals surface area contributed by atoms with E-state index in [1.54, 1.807) is 0 Å². The quantitative estimate of drug-likeness (QED) is 0.879. The summed E-state index contributed by atoms with van der Waals surface area (Å²) >= 11 is 3.49. The van der Waals surface area contributed by atoms with Crippen LogP contribution in [0.1, 0.15) is 5.56 Å². The molecular weight excluding hydrogens is 320 g/mol. The minimum Gasteiger partial charge on any atom is -0.395 e. The van der Waals surface area contributed by atoms with Crippen molar-refractivity contribution >= 4 is 33.3 Å². The van der Waals surface area contributed by atoms with Crippen LogP contribution in [-0.4, -0.2) is 35.3 Å². The molecule has 0 spiro atoms. The molecule has 1 aromatic heterocycles. The normalized spacial score (nSPS) is 10.4. The second-order valence-electron chi connectivity index (χ2n) is 4.40. The van der Waals surface area contributed by atoms with Gasteiger partial charge in [0.2, 0.25) is 0 Å². The van der Waals surface area contributed by atoms with Gasteiger partial charge in [-0.3, -0.25) is 0 Å². The molecular formula is C14H17BrN4O. The van der Waals surface area contributed by atoms with E-state index in [0.29, 0.717) is 12.4 Å². The van der Waals surface area contributed by atoms with Gasteiger partial charge in [-0.1, -0.05) is 22.0 Å². The van der Waals surface area contributed by atoms with Gasteiger partial charge in [0.15, 0.2) is 0 Å². The third-order valence-corrected chi connectivity index (χ3v) is 3.44. The van der Waals surface area contributed by atoms with Crippen LogP contribution < -0.4 is 10.2 Å². The van der Waals surface area contributed by atoms with Gasteiger partial charge in [-0.05, 0) is 24.6 Å². The predicted octanol–water partition coefficient (Wildman–Crippen LogP) is 2.72. The molecule has 0 amide bonds. The van der Waals surface area contributed by atoms with E-state index in [4.69, 9.17) is 5.11 Å². The lowest BCUT2D eigenvalue weighted by Gasteiger charge is -2.21. The molecule has 0 unspecified atom stereocenters. The highest BCUT2D eigenvalue weighted by atomic mass is 79.9. The van der Waals surface area contributed by atoms with Crippen molar-refractivity contribution in [2.75, 3.05) is 30.4 Å². The largest absolute Gasteiger partial charge is 0.395 e.